The number of hydrogen-bond acceptors (Lipinski definition) is 5. The van der Waals surface area contributed by atoms with Crippen molar-refractivity contribution in [2.24, 2.45) is 0 Å². The first kappa shape index (κ1) is 16.7. The molecule has 24 heavy (non-hydrogen) atoms. The molecule has 0 aliphatic rings. The Kier molecular flexibility index (Phi) is 4.96. The molecule has 0 atom stereocenters. The first-order valence-electron chi connectivity index (χ1n) is 7.25. The van der Waals surface area contributed by atoms with Gasteiger partial charge in [-0.15, -0.1) is 23.1 Å². The maximum atomic E-state index is 13.5. The molecule has 0 bridgehead atoms. The minimum absolute atomic E-state index is 0.00470. The molecule has 3 rings (SSSR count). The topological polar surface area (TPSA) is 64.0 Å². The number of aromatic nitrogens is 2. The quantitative estimate of drug-likeness (QED) is 0.708. The Hall–Kier alpha value is -2.19. The first-order valence-corrected chi connectivity index (χ1v) is 9.06. The lowest BCUT2D eigenvalue weighted by Crippen LogP contribution is -2.33. The molecule has 1 aromatic carbocycles. The number of hydrogen-bond donors (Lipinski definition) is 1. The van der Waals surface area contributed by atoms with E-state index in [-0.39, 0.29) is 17.1 Å². The average molecular weight is 363 g/mol. The number of halogens is 1. The van der Waals surface area contributed by atoms with E-state index in [1.165, 1.54) is 23.7 Å². The second-order valence-corrected chi connectivity index (χ2v) is 7.09. The number of carbonyl (C=O) groups excluding carboxylic acids is 1. The summed E-state index contributed by atoms with van der Waals surface area (Å²) in [6.45, 7) is 2.00. The molecule has 0 saturated carbocycles. The van der Waals surface area contributed by atoms with Crippen LogP contribution < -0.4 is 11.0 Å². The normalized spacial score (nSPS) is 10.9. The van der Waals surface area contributed by atoms with Crippen LogP contribution in [-0.4, -0.2) is 21.3 Å². The number of nitrogens with zero attached hydrogens (tertiary/aromatic N) is 2. The molecule has 0 saturated heterocycles. The van der Waals surface area contributed by atoms with Crippen LogP contribution in [0, 0.1) is 5.82 Å². The van der Waals surface area contributed by atoms with Gasteiger partial charge in [0.15, 0.2) is 0 Å². The molecule has 2 heterocycles. The monoisotopic (exact) mass is 363 g/mol. The van der Waals surface area contributed by atoms with Gasteiger partial charge in [0.05, 0.1) is 11.1 Å². The molecule has 0 aliphatic heterocycles. The number of carbonyl (C=O) groups is 1. The summed E-state index contributed by atoms with van der Waals surface area (Å²) in [7, 11) is 0. The SMILES string of the molecule is CCc1cc2c(=O)n(NC(=O)CSc3ccccc3F)cnc2s1. The van der Waals surface area contributed by atoms with E-state index < -0.39 is 5.91 Å². The molecule has 5 nitrogen and oxygen atoms in total. The second kappa shape index (κ2) is 7.14. The predicted molar refractivity (Wildman–Crippen MR) is 94.7 cm³/mol. The third-order valence-electron chi connectivity index (χ3n) is 3.29. The van der Waals surface area contributed by atoms with Gasteiger partial charge in [-0.2, -0.15) is 0 Å². The Labute approximate surface area is 145 Å². The minimum Gasteiger partial charge on any atom is -0.272 e. The maximum absolute atomic E-state index is 13.5. The summed E-state index contributed by atoms with van der Waals surface area (Å²) < 4.78 is 14.6. The van der Waals surface area contributed by atoms with Crippen LogP contribution in [0.4, 0.5) is 4.39 Å². The zero-order chi connectivity index (χ0) is 17.1. The molecule has 124 valence electrons. The molecule has 3 aromatic rings. The highest BCUT2D eigenvalue weighted by molar-refractivity contribution is 8.00. The van der Waals surface area contributed by atoms with Crippen molar-refractivity contribution < 1.29 is 9.18 Å². The van der Waals surface area contributed by atoms with Gasteiger partial charge < -0.3 is 0 Å². The molecule has 1 N–H and O–H groups in total. The summed E-state index contributed by atoms with van der Waals surface area (Å²) in [6.07, 6.45) is 2.12. The van der Waals surface area contributed by atoms with E-state index in [0.29, 0.717) is 15.1 Å². The van der Waals surface area contributed by atoms with E-state index in [1.807, 2.05) is 6.92 Å². The van der Waals surface area contributed by atoms with Crippen LogP contribution >= 0.6 is 23.1 Å². The Balaban J connectivity index is 1.72. The lowest BCUT2D eigenvalue weighted by molar-refractivity contribution is -0.114. The van der Waals surface area contributed by atoms with Gasteiger partial charge in [-0.05, 0) is 24.6 Å². The number of rotatable bonds is 5. The second-order valence-electron chi connectivity index (χ2n) is 4.96. The Morgan fingerprint density at radius 3 is 2.96 bits per heavy atom. The molecular formula is C16H14FN3O2S2. The standard InChI is InChI=1S/C16H14FN3O2S2/c1-2-10-7-11-15(24-10)18-9-20(16(11)22)19-14(21)8-23-13-6-4-3-5-12(13)17/h3-7,9H,2,8H2,1H3,(H,19,21). The average Bonchev–Trinajstić information content (AvgIpc) is 3.01. The zero-order valence-corrected chi connectivity index (χ0v) is 14.4. The summed E-state index contributed by atoms with van der Waals surface area (Å²) in [5, 5.41) is 0.487. The minimum atomic E-state index is -0.405. The van der Waals surface area contributed by atoms with Crippen LogP contribution in [0.15, 0.2) is 46.3 Å². The third kappa shape index (κ3) is 3.49. The van der Waals surface area contributed by atoms with Crippen LogP contribution in [0.5, 0.6) is 0 Å². The number of benzene rings is 1. The van der Waals surface area contributed by atoms with Crippen molar-refractivity contribution in [3.05, 3.63) is 57.7 Å². The zero-order valence-electron chi connectivity index (χ0n) is 12.8. The summed E-state index contributed by atoms with van der Waals surface area (Å²) >= 11 is 2.54. The number of thiophene rings is 1. The maximum Gasteiger partial charge on any atom is 0.280 e. The molecule has 0 spiro atoms. The highest BCUT2D eigenvalue weighted by Crippen LogP contribution is 2.22. The Morgan fingerprint density at radius 1 is 1.42 bits per heavy atom. The highest BCUT2D eigenvalue weighted by Gasteiger charge is 2.11. The van der Waals surface area contributed by atoms with E-state index in [0.717, 1.165) is 27.7 Å². The van der Waals surface area contributed by atoms with Gasteiger partial charge >= 0.3 is 0 Å². The summed E-state index contributed by atoms with van der Waals surface area (Å²) in [5.74, 6) is -0.784. The van der Waals surface area contributed by atoms with Gasteiger partial charge in [-0.1, -0.05) is 19.1 Å². The Morgan fingerprint density at radius 2 is 2.21 bits per heavy atom. The number of amides is 1. The summed E-state index contributed by atoms with van der Waals surface area (Å²) in [4.78, 5) is 30.7. The van der Waals surface area contributed by atoms with Crippen LogP contribution in [0.1, 0.15) is 11.8 Å². The van der Waals surface area contributed by atoms with Gasteiger partial charge in [-0.3, -0.25) is 15.0 Å². The van der Waals surface area contributed by atoms with Crippen LogP contribution in [0.25, 0.3) is 10.2 Å². The first-order chi connectivity index (χ1) is 11.6. The predicted octanol–water partition coefficient (Wildman–Crippen LogP) is 3.02. The largest absolute Gasteiger partial charge is 0.280 e. The van der Waals surface area contributed by atoms with Gasteiger partial charge in [0.25, 0.3) is 5.56 Å². The van der Waals surface area contributed by atoms with Crippen LogP contribution in [0.3, 0.4) is 0 Å². The number of fused-ring (bicyclic) bond motifs is 1. The molecule has 2 aromatic heterocycles. The van der Waals surface area contributed by atoms with Crippen molar-refractivity contribution in [3.63, 3.8) is 0 Å². The van der Waals surface area contributed by atoms with E-state index in [9.17, 15) is 14.0 Å². The molecule has 8 heteroatoms. The summed E-state index contributed by atoms with van der Waals surface area (Å²) in [6, 6.07) is 8.03. The van der Waals surface area contributed by atoms with Crippen LogP contribution in [-0.2, 0) is 11.2 Å². The molecule has 0 unspecified atom stereocenters. The number of aryl methyl sites for hydroxylation is 1. The fourth-order valence-corrected chi connectivity index (χ4v) is 3.76. The molecule has 0 aliphatic carbocycles. The van der Waals surface area contributed by atoms with Gasteiger partial charge in [0.2, 0.25) is 5.91 Å². The van der Waals surface area contributed by atoms with Crippen molar-refractivity contribution in [1.29, 1.82) is 0 Å². The van der Waals surface area contributed by atoms with E-state index >= 15 is 0 Å². The smallest absolute Gasteiger partial charge is 0.272 e. The van der Waals surface area contributed by atoms with Crippen LogP contribution in [0.2, 0.25) is 0 Å². The fraction of sp³-hybridized carbons (Fsp3) is 0.188. The molecule has 1 amide bonds. The highest BCUT2D eigenvalue weighted by atomic mass is 32.2. The van der Waals surface area contributed by atoms with Crippen molar-refractivity contribution in [3.8, 4) is 0 Å². The van der Waals surface area contributed by atoms with Gasteiger partial charge in [0, 0.05) is 9.77 Å². The third-order valence-corrected chi connectivity index (χ3v) is 5.53. The van der Waals surface area contributed by atoms with Crippen molar-refractivity contribution >= 4 is 39.2 Å². The van der Waals surface area contributed by atoms with Gasteiger partial charge in [0.1, 0.15) is 17.0 Å². The van der Waals surface area contributed by atoms with E-state index in [4.69, 9.17) is 0 Å². The lowest BCUT2D eigenvalue weighted by atomic mass is 10.3. The number of nitrogens with one attached hydrogen (secondary N) is 1. The van der Waals surface area contributed by atoms with E-state index in [2.05, 4.69) is 10.4 Å². The van der Waals surface area contributed by atoms with Crippen molar-refractivity contribution in [1.82, 2.24) is 9.66 Å². The molecular weight excluding hydrogens is 349 g/mol. The van der Waals surface area contributed by atoms with Crippen molar-refractivity contribution in [2.75, 3.05) is 11.2 Å². The summed E-state index contributed by atoms with van der Waals surface area (Å²) in [5.41, 5.74) is 2.16. The lowest BCUT2D eigenvalue weighted by Gasteiger charge is -2.07. The van der Waals surface area contributed by atoms with Crippen molar-refractivity contribution in [2.45, 2.75) is 18.2 Å². The Bertz CT molecular complexity index is 952. The van der Waals surface area contributed by atoms with Gasteiger partial charge in [-0.25, -0.2) is 14.1 Å². The number of thioether (sulfide) groups is 1. The fourth-order valence-electron chi connectivity index (χ4n) is 2.10. The van der Waals surface area contributed by atoms with E-state index in [1.54, 1.807) is 24.3 Å². The molecule has 0 radical (unpaired) electrons. The molecule has 0 fully saturated rings.